The van der Waals surface area contributed by atoms with E-state index in [1.807, 2.05) is 6.92 Å². The lowest BCUT2D eigenvalue weighted by Crippen LogP contribution is -2.01. The van der Waals surface area contributed by atoms with E-state index in [4.69, 9.17) is 42.6 Å². The van der Waals surface area contributed by atoms with Gasteiger partial charge in [-0.1, -0.05) is 23.2 Å². The number of carbonyl (C=O) groups excluding carboxylic acids is 2. The summed E-state index contributed by atoms with van der Waals surface area (Å²) in [6, 6.07) is 6.49. The molecule has 3 aromatic rings. The molecular weight excluding hydrogens is 699 g/mol. The summed E-state index contributed by atoms with van der Waals surface area (Å²) in [4.78, 5) is 40.4. The molecule has 0 radical (unpaired) electrons. The second-order valence-electron chi connectivity index (χ2n) is 11.8. The quantitative estimate of drug-likeness (QED) is 0.176. The van der Waals surface area contributed by atoms with Crippen molar-refractivity contribution in [3.63, 3.8) is 0 Å². The van der Waals surface area contributed by atoms with E-state index in [1.165, 1.54) is 20.3 Å². The first kappa shape index (κ1) is 36.6. The number of nitrogens with zero attached hydrogens (tertiary/aromatic N) is 2. The maximum Gasteiger partial charge on any atom is 0.305 e. The first-order valence-electron chi connectivity index (χ1n) is 15.4. The summed E-state index contributed by atoms with van der Waals surface area (Å²) in [5.41, 5.74) is 6.46. The van der Waals surface area contributed by atoms with Crippen LogP contribution < -0.4 is 0 Å². The van der Waals surface area contributed by atoms with Crippen LogP contribution in [-0.4, -0.2) is 46.1 Å². The number of H-pyrrole nitrogens is 2. The molecule has 3 aromatic heterocycles. The molecule has 0 aliphatic carbocycles. The lowest BCUT2D eigenvalue weighted by molar-refractivity contribution is -0.141. The number of ether oxygens (including phenoxy) is 2. The maximum atomic E-state index is 14.0. The van der Waals surface area contributed by atoms with Gasteiger partial charge in [-0.2, -0.15) is 17.6 Å². The average molecular weight is 732 g/mol. The molecule has 5 heterocycles. The summed E-state index contributed by atoms with van der Waals surface area (Å²) in [5, 5.41) is -1.58. The van der Waals surface area contributed by atoms with Crippen LogP contribution in [0.1, 0.15) is 84.6 Å². The number of fused-ring (bicyclic) bond motifs is 8. The number of hydrogen-bond donors (Lipinski definition) is 2. The Morgan fingerprint density at radius 3 is 1.40 bits per heavy atom. The highest BCUT2D eigenvalue weighted by molar-refractivity contribution is 6.50. The minimum absolute atomic E-state index is 0.0103. The summed E-state index contributed by atoms with van der Waals surface area (Å²) < 4.78 is 65.8. The Bertz CT molecular complexity index is 2240. The van der Waals surface area contributed by atoms with Crippen LogP contribution in [-0.2, 0) is 19.1 Å². The monoisotopic (exact) mass is 730 g/mol. The third-order valence-corrected chi connectivity index (χ3v) is 9.58. The number of hydrogen-bond acceptors (Lipinski definition) is 6. The summed E-state index contributed by atoms with van der Waals surface area (Å²) >= 11 is 12.3. The lowest BCUT2D eigenvalue weighted by atomic mass is 9.98. The molecule has 0 atom stereocenters. The highest BCUT2D eigenvalue weighted by Crippen LogP contribution is 2.40. The molecule has 0 spiro atoms. The van der Waals surface area contributed by atoms with Gasteiger partial charge >= 0.3 is 11.9 Å². The number of rotatable bonds is 8. The maximum absolute atomic E-state index is 14.0. The van der Waals surface area contributed by atoms with Crippen molar-refractivity contribution in [2.24, 2.45) is 0 Å². The normalized spacial score (nSPS) is 12.7. The van der Waals surface area contributed by atoms with Crippen LogP contribution in [0.15, 0.2) is 36.4 Å². The van der Waals surface area contributed by atoms with Gasteiger partial charge in [-0.05, 0) is 98.2 Å². The Labute approximate surface area is 294 Å². The number of nitrogens with one attached hydrogen (secondary N) is 2. The van der Waals surface area contributed by atoms with Gasteiger partial charge in [0.2, 0.25) is 0 Å². The molecule has 2 N–H and O–H groups in total. The van der Waals surface area contributed by atoms with E-state index < -0.39 is 34.2 Å². The Hall–Kier alpha value is -4.68. The molecule has 0 amide bonds. The van der Waals surface area contributed by atoms with Crippen molar-refractivity contribution in [2.75, 3.05) is 14.2 Å². The Balaban J connectivity index is 1.98. The number of aromatic nitrogens is 4. The van der Waals surface area contributed by atoms with Crippen LogP contribution in [0.3, 0.4) is 0 Å². The van der Waals surface area contributed by atoms with Gasteiger partial charge in [0.05, 0.1) is 37.0 Å². The molecule has 2 aliphatic rings. The van der Waals surface area contributed by atoms with Crippen LogP contribution >= 0.6 is 23.2 Å². The van der Waals surface area contributed by atoms with E-state index in [0.29, 0.717) is 56.1 Å². The van der Waals surface area contributed by atoms with Crippen molar-refractivity contribution in [1.29, 1.82) is 0 Å². The minimum Gasteiger partial charge on any atom is -0.469 e. The zero-order chi connectivity index (χ0) is 36.6. The van der Waals surface area contributed by atoms with Crippen LogP contribution in [0.4, 0.5) is 17.6 Å². The molecule has 0 unspecified atom stereocenters. The zero-order valence-corrected chi connectivity index (χ0v) is 29.4. The molecule has 0 saturated heterocycles. The van der Waals surface area contributed by atoms with Crippen molar-refractivity contribution < 1.29 is 36.6 Å². The van der Waals surface area contributed by atoms with Gasteiger partial charge in [0.25, 0.3) is 12.2 Å². The smallest absolute Gasteiger partial charge is 0.305 e. The predicted octanol–water partition coefficient (Wildman–Crippen LogP) is 10.3. The summed E-state index contributed by atoms with van der Waals surface area (Å²) in [5.74, 6) is -0.856. The standard InChI is InChI=1S/C36H32Cl2F4N4O4/c1-15-19(7-9-29(47)49-5)25-14-26-20(8-10-30(48)50-6)16(2)22(44-26)12-27-32(34(38)36(41)42)18(4)24(46-27)13-28-31(33(37)35(39)40)17(3)23(45-28)11-21(15)43-25/h11-14,45-46H,7-10H2,1-6H3. The third-order valence-electron chi connectivity index (χ3n) is 8.92. The fourth-order valence-corrected chi connectivity index (χ4v) is 6.64. The fourth-order valence-electron chi connectivity index (χ4n) is 6.15. The molecule has 0 aromatic carbocycles. The van der Waals surface area contributed by atoms with Gasteiger partial charge in [0.1, 0.15) is 10.1 Å². The van der Waals surface area contributed by atoms with Crippen molar-refractivity contribution in [1.82, 2.24) is 19.9 Å². The number of methoxy groups -OCH3 is 2. The van der Waals surface area contributed by atoms with Crippen LogP contribution in [0.2, 0.25) is 0 Å². The molecule has 262 valence electrons. The van der Waals surface area contributed by atoms with E-state index in [0.717, 1.165) is 11.1 Å². The number of aryl methyl sites for hydroxylation is 2. The summed E-state index contributed by atoms with van der Waals surface area (Å²) in [6.45, 7) is 6.83. The number of halogens is 6. The van der Waals surface area contributed by atoms with Crippen molar-refractivity contribution in [3.8, 4) is 0 Å². The first-order valence-corrected chi connectivity index (χ1v) is 16.1. The minimum atomic E-state index is -2.12. The van der Waals surface area contributed by atoms with Gasteiger partial charge in [0.15, 0.2) is 0 Å². The predicted molar refractivity (Wildman–Crippen MR) is 188 cm³/mol. The Morgan fingerprint density at radius 1 is 0.620 bits per heavy atom. The second-order valence-corrected chi connectivity index (χ2v) is 12.5. The van der Waals surface area contributed by atoms with Crippen molar-refractivity contribution in [3.05, 3.63) is 81.5 Å². The molecule has 0 saturated carbocycles. The summed E-state index contributed by atoms with van der Waals surface area (Å²) in [7, 11) is 2.59. The van der Waals surface area contributed by atoms with E-state index in [1.54, 1.807) is 39.0 Å². The number of allylic oxidation sites excluding steroid dienone is 4. The van der Waals surface area contributed by atoms with Crippen molar-refractivity contribution >= 4 is 89.6 Å². The Morgan fingerprint density at radius 2 is 1.00 bits per heavy atom. The first-order chi connectivity index (χ1) is 23.7. The molecule has 5 rings (SSSR count). The Kier molecular flexibility index (Phi) is 10.7. The van der Waals surface area contributed by atoms with Crippen LogP contribution in [0.25, 0.3) is 54.4 Å². The SMILES string of the molecule is COC(=O)CCC1=C(C)c2cc3[nH]c(cc4[nH]c(cc5nc(cc1n2)C(CCC(=O)OC)=C5C)c(C(Cl)=C(F)F)c4C)c(C(Cl)=C(F)F)c3C. The molecule has 14 heteroatoms. The second kappa shape index (κ2) is 14.7. The molecule has 0 fully saturated rings. The summed E-state index contributed by atoms with van der Waals surface area (Å²) in [6.07, 6.45) is -3.60. The van der Waals surface area contributed by atoms with E-state index >= 15 is 0 Å². The molecule has 2 aliphatic heterocycles. The van der Waals surface area contributed by atoms with Crippen LogP contribution in [0, 0.1) is 13.8 Å². The number of aromatic amines is 2. The highest BCUT2D eigenvalue weighted by atomic mass is 35.5. The van der Waals surface area contributed by atoms with Crippen LogP contribution in [0.5, 0.6) is 0 Å². The fraction of sp³-hybridized carbons (Fsp3) is 0.278. The van der Waals surface area contributed by atoms with E-state index in [-0.39, 0.29) is 47.8 Å². The van der Waals surface area contributed by atoms with Gasteiger partial charge in [-0.3, -0.25) is 9.59 Å². The molecular formula is C36H32Cl2F4N4O4. The van der Waals surface area contributed by atoms with Gasteiger partial charge in [-0.25, -0.2) is 9.97 Å². The molecule has 50 heavy (non-hydrogen) atoms. The number of esters is 2. The third kappa shape index (κ3) is 6.99. The topological polar surface area (TPSA) is 110 Å². The van der Waals surface area contributed by atoms with E-state index in [2.05, 4.69) is 9.97 Å². The number of carbonyl (C=O) groups is 2. The largest absolute Gasteiger partial charge is 0.469 e. The van der Waals surface area contributed by atoms with E-state index in [9.17, 15) is 27.2 Å². The van der Waals surface area contributed by atoms with Gasteiger partial charge in [-0.15, -0.1) is 0 Å². The molecule has 8 bridgehead atoms. The van der Waals surface area contributed by atoms with Crippen molar-refractivity contribution in [2.45, 2.75) is 53.4 Å². The lowest BCUT2D eigenvalue weighted by Gasteiger charge is -2.06. The molecule has 8 nitrogen and oxygen atoms in total. The van der Waals surface area contributed by atoms with Gasteiger partial charge in [0, 0.05) is 46.0 Å². The van der Waals surface area contributed by atoms with Gasteiger partial charge < -0.3 is 19.4 Å². The zero-order valence-electron chi connectivity index (χ0n) is 27.9. The average Bonchev–Trinajstić information content (AvgIpc) is 3.74. The highest BCUT2D eigenvalue weighted by Gasteiger charge is 2.24.